The number of halogens is 12. The Morgan fingerprint density at radius 2 is 0.679 bits per heavy atom. The van der Waals surface area contributed by atoms with E-state index in [9.17, 15) is 54.1 Å². The quantitative estimate of drug-likeness (QED) is 0.103. The molecule has 0 aliphatic rings. The van der Waals surface area contributed by atoms with Gasteiger partial charge in [0.2, 0.25) is 11.6 Å². The zero-order valence-electron chi connectivity index (χ0n) is 29.2. The van der Waals surface area contributed by atoms with Gasteiger partial charge in [-0.2, -0.15) is 0 Å². The van der Waals surface area contributed by atoms with Gasteiger partial charge in [-0.3, -0.25) is 0 Å². The van der Waals surface area contributed by atoms with Gasteiger partial charge in [0.25, 0.3) is 0 Å². The minimum Gasteiger partial charge on any atom is -1.00 e. The molecule has 4 aromatic carbocycles. The molecule has 0 aliphatic heterocycles. The van der Waals surface area contributed by atoms with Gasteiger partial charge in [-0.15, -0.1) is 0 Å². The van der Waals surface area contributed by atoms with Crippen LogP contribution in [0.5, 0.6) is 11.5 Å². The maximum Gasteiger partial charge on any atom is 4.00 e. The molecule has 4 rings (SSSR count). The SMILES string of the molecule is C/C(=N\c1c(F)c(F)c(F)c(F)c1F)c1cccc(C(C)(C)C)c1[O-].C/C(=N\c1c(F)c(F)c(F)c(F)c1F)c1cccc(C(C)(C)C)c1[O-].[Cl-].[Cl-].[Ti+4]. The number of aliphatic imine (C=N–C) groups is 2. The summed E-state index contributed by atoms with van der Waals surface area (Å²) in [4.78, 5) is 6.99. The van der Waals surface area contributed by atoms with Crippen molar-refractivity contribution in [2.75, 3.05) is 0 Å². The van der Waals surface area contributed by atoms with Gasteiger partial charge in [0.05, 0.1) is 0 Å². The van der Waals surface area contributed by atoms with Crippen molar-refractivity contribution >= 4 is 22.8 Å². The Hall–Kier alpha value is -3.59. The first-order valence-electron chi connectivity index (χ1n) is 14.7. The molecular weight excluding hydrogens is 801 g/mol. The van der Waals surface area contributed by atoms with Crippen molar-refractivity contribution < 1.29 is 101 Å². The fraction of sp³-hybridized carbons (Fsp3) is 0.278. The van der Waals surface area contributed by atoms with Gasteiger partial charge in [0, 0.05) is 11.4 Å². The second-order valence-corrected chi connectivity index (χ2v) is 13.1. The molecule has 0 aliphatic carbocycles. The first-order chi connectivity index (χ1) is 22.9. The van der Waals surface area contributed by atoms with Crippen molar-refractivity contribution in [2.24, 2.45) is 9.98 Å². The summed E-state index contributed by atoms with van der Waals surface area (Å²) in [6.07, 6.45) is 0. The number of para-hydroxylation sites is 2. The Bertz CT molecular complexity index is 1840. The van der Waals surface area contributed by atoms with Crippen molar-refractivity contribution in [3.8, 4) is 11.5 Å². The van der Waals surface area contributed by atoms with Crippen molar-refractivity contribution in [2.45, 2.75) is 66.2 Å². The smallest absolute Gasteiger partial charge is 1.00 e. The minimum atomic E-state index is -2.26. The van der Waals surface area contributed by atoms with Crippen LogP contribution < -0.4 is 35.0 Å². The molecule has 0 bridgehead atoms. The summed E-state index contributed by atoms with van der Waals surface area (Å²) >= 11 is 0. The second kappa shape index (κ2) is 18.6. The third-order valence-corrected chi connectivity index (χ3v) is 7.36. The largest absolute Gasteiger partial charge is 4.00 e. The van der Waals surface area contributed by atoms with Crippen LogP contribution in [0.1, 0.15) is 77.6 Å². The Kier molecular flexibility index (Phi) is 17.4. The number of hydrogen-bond donors (Lipinski definition) is 0. The summed E-state index contributed by atoms with van der Waals surface area (Å²) in [5.41, 5.74) is -3.00. The molecule has 53 heavy (non-hydrogen) atoms. The van der Waals surface area contributed by atoms with E-state index in [2.05, 4.69) is 9.98 Å². The molecule has 0 aromatic heterocycles. The van der Waals surface area contributed by atoms with E-state index in [1.807, 2.05) is 41.5 Å². The Labute approximate surface area is 326 Å². The van der Waals surface area contributed by atoms with Crippen molar-refractivity contribution in [1.29, 1.82) is 0 Å². The van der Waals surface area contributed by atoms with Gasteiger partial charge < -0.3 is 35.0 Å². The number of benzene rings is 4. The molecule has 0 atom stereocenters. The number of rotatable bonds is 4. The predicted octanol–water partition coefficient (Wildman–Crippen LogP) is 3.79. The van der Waals surface area contributed by atoms with E-state index in [-0.39, 0.29) is 69.1 Å². The van der Waals surface area contributed by atoms with Gasteiger partial charge in [-0.25, -0.2) is 53.9 Å². The summed E-state index contributed by atoms with van der Waals surface area (Å²) in [5, 5.41) is 25.1. The molecule has 0 amide bonds. The van der Waals surface area contributed by atoms with Crippen molar-refractivity contribution in [3.05, 3.63) is 117 Å². The fourth-order valence-corrected chi connectivity index (χ4v) is 4.66. The van der Waals surface area contributed by atoms with Crippen LogP contribution in [-0.4, -0.2) is 11.4 Å². The van der Waals surface area contributed by atoms with E-state index in [0.29, 0.717) is 11.1 Å². The maximum atomic E-state index is 13.7. The summed E-state index contributed by atoms with van der Waals surface area (Å²) in [6, 6.07) is 9.10. The van der Waals surface area contributed by atoms with Gasteiger partial charge in [-0.1, -0.05) is 89.4 Å². The molecule has 0 saturated heterocycles. The van der Waals surface area contributed by atoms with Crippen molar-refractivity contribution in [1.82, 2.24) is 0 Å². The topological polar surface area (TPSA) is 70.8 Å². The maximum absolute atomic E-state index is 13.7. The predicted molar refractivity (Wildman–Crippen MR) is 165 cm³/mol. The van der Waals surface area contributed by atoms with Crippen LogP contribution in [0, 0.1) is 58.2 Å². The molecule has 4 aromatic rings. The fourth-order valence-electron chi connectivity index (χ4n) is 4.66. The molecule has 0 spiro atoms. The molecule has 284 valence electrons. The van der Waals surface area contributed by atoms with Gasteiger partial charge in [0.1, 0.15) is 11.4 Å². The summed E-state index contributed by atoms with van der Waals surface area (Å²) in [7, 11) is 0. The van der Waals surface area contributed by atoms with Crippen LogP contribution in [0.2, 0.25) is 0 Å². The summed E-state index contributed by atoms with van der Waals surface area (Å²) < 4.78 is 134. The molecule has 0 saturated carbocycles. The second-order valence-electron chi connectivity index (χ2n) is 13.1. The Morgan fingerprint density at radius 3 is 0.906 bits per heavy atom. The van der Waals surface area contributed by atoms with E-state index >= 15 is 0 Å². The minimum absolute atomic E-state index is 0. The standard InChI is InChI=1S/2C18H16F5NO.2ClH.Ti/c2*1-8(9-6-5-7-10(17(9)25)18(2,3)4)24-16-14(22)12(20)11(19)13(21)15(16)23;;;/h2*5-7,25H,1-4H3;2*1H;/q;;;;+4/p-4/b2*24-8+;;;. The van der Waals surface area contributed by atoms with E-state index in [0.717, 1.165) is 0 Å². The van der Waals surface area contributed by atoms with E-state index in [1.54, 1.807) is 24.3 Å². The van der Waals surface area contributed by atoms with Crippen LogP contribution in [-0.2, 0) is 32.5 Å². The molecule has 0 N–H and O–H groups in total. The third kappa shape index (κ3) is 10.3. The third-order valence-electron chi connectivity index (χ3n) is 7.36. The monoisotopic (exact) mass is 830 g/mol. The molecule has 4 nitrogen and oxygen atoms in total. The molecule has 0 unspecified atom stereocenters. The van der Waals surface area contributed by atoms with Crippen LogP contribution in [0.15, 0.2) is 46.4 Å². The van der Waals surface area contributed by atoms with Crippen LogP contribution >= 0.6 is 0 Å². The molecule has 0 radical (unpaired) electrons. The van der Waals surface area contributed by atoms with Crippen molar-refractivity contribution in [3.63, 3.8) is 0 Å². The average molecular weight is 831 g/mol. The van der Waals surface area contributed by atoms with E-state index < -0.39 is 91.9 Å². The Balaban J connectivity index is 0.000000966. The zero-order valence-corrected chi connectivity index (χ0v) is 32.3. The Morgan fingerprint density at radius 1 is 0.453 bits per heavy atom. The average Bonchev–Trinajstić information content (AvgIpc) is 3.04. The summed E-state index contributed by atoms with van der Waals surface area (Å²) in [5.74, 6) is -21.9. The first-order valence-corrected chi connectivity index (χ1v) is 14.7. The van der Waals surface area contributed by atoms with Crippen LogP contribution in [0.25, 0.3) is 0 Å². The van der Waals surface area contributed by atoms with Gasteiger partial charge in [-0.05, 0) is 46.9 Å². The number of nitrogens with zero attached hydrogens (tertiary/aromatic N) is 2. The molecule has 0 heterocycles. The zero-order chi connectivity index (χ0) is 38.2. The van der Waals surface area contributed by atoms with E-state index in [4.69, 9.17) is 0 Å². The van der Waals surface area contributed by atoms with Crippen LogP contribution in [0.4, 0.5) is 55.3 Å². The molecule has 0 fully saturated rings. The number of hydrogen-bond acceptors (Lipinski definition) is 4. The molecule has 17 heteroatoms. The normalized spacial score (nSPS) is 11.9. The van der Waals surface area contributed by atoms with Crippen LogP contribution in [0.3, 0.4) is 0 Å². The molecular formula is C36H30Cl2F10N2O2Ti. The summed E-state index contributed by atoms with van der Waals surface area (Å²) in [6.45, 7) is 13.4. The van der Waals surface area contributed by atoms with Gasteiger partial charge >= 0.3 is 21.7 Å². The first kappa shape index (κ1) is 49.4. The van der Waals surface area contributed by atoms with Gasteiger partial charge in [0.15, 0.2) is 46.5 Å². The van der Waals surface area contributed by atoms with E-state index in [1.165, 1.54) is 26.0 Å².